The number of furan rings is 1. The second-order valence-electron chi connectivity index (χ2n) is 3.97. The highest BCUT2D eigenvalue weighted by molar-refractivity contribution is 5.98. The van der Waals surface area contributed by atoms with Gasteiger partial charge in [0.15, 0.2) is 5.76 Å². The molecule has 2 aromatic rings. The number of ether oxygens (including phenoxy) is 1. The van der Waals surface area contributed by atoms with E-state index in [4.69, 9.17) is 14.0 Å². The lowest BCUT2D eigenvalue weighted by molar-refractivity contribution is 0.00738. The molecule has 2 rings (SSSR count). The van der Waals surface area contributed by atoms with Gasteiger partial charge in [0.1, 0.15) is 11.4 Å². The van der Waals surface area contributed by atoms with Crippen molar-refractivity contribution >= 4 is 16.9 Å². The van der Waals surface area contributed by atoms with E-state index in [1.165, 1.54) is 25.3 Å². The molecule has 0 saturated carbocycles. The minimum absolute atomic E-state index is 0.109. The molecule has 0 atom stereocenters. The predicted molar refractivity (Wildman–Crippen MR) is 66.2 cm³/mol. The minimum atomic E-state index is -0.509. The van der Waals surface area contributed by atoms with Gasteiger partial charge in [-0.1, -0.05) is 0 Å². The highest BCUT2D eigenvalue weighted by atomic mass is 19.1. The van der Waals surface area contributed by atoms with E-state index >= 15 is 0 Å². The van der Waals surface area contributed by atoms with Crippen molar-refractivity contribution in [2.75, 3.05) is 20.3 Å². The van der Waals surface area contributed by atoms with Gasteiger partial charge in [-0.05, 0) is 25.1 Å². The Morgan fingerprint density at radius 2 is 2.21 bits per heavy atom. The maximum atomic E-state index is 13.1. The number of fused-ring (bicyclic) bond motifs is 1. The number of rotatable bonds is 5. The van der Waals surface area contributed by atoms with Crippen molar-refractivity contribution in [3.05, 3.63) is 35.3 Å². The van der Waals surface area contributed by atoms with Crippen LogP contribution in [0.4, 0.5) is 4.39 Å². The predicted octanol–water partition coefficient (Wildman–Crippen LogP) is 2.19. The van der Waals surface area contributed by atoms with Crippen molar-refractivity contribution < 1.29 is 23.2 Å². The number of methoxy groups -OCH3 is 1. The summed E-state index contributed by atoms with van der Waals surface area (Å²) in [6, 6.07) is 4.10. The third kappa shape index (κ3) is 2.91. The van der Waals surface area contributed by atoms with Crippen LogP contribution < -0.4 is 5.48 Å². The standard InChI is InChI=1S/C13H14FNO4/c1-8-10-7-9(14)3-4-11(10)19-12(8)13(16)15-18-6-5-17-2/h3-4,7H,5-6H2,1-2H3,(H,15,16). The summed E-state index contributed by atoms with van der Waals surface area (Å²) in [6.07, 6.45) is 0. The molecule has 6 heteroatoms. The van der Waals surface area contributed by atoms with E-state index in [1.807, 2.05) is 0 Å². The molecule has 1 heterocycles. The number of halogens is 1. The summed E-state index contributed by atoms with van der Waals surface area (Å²) < 4.78 is 23.3. The fourth-order valence-electron chi connectivity index (χ4n) is 1.70. The number of carbonyl (C=O) groups is 1. The molecule has 0 saturated heterocycles. The highest BCUT2D eigenvalue weighted by Gasteiger charge is 2.18. The number of aryl methyl sites for hydroxylation is 1. The van der Waals surface area contributed by atoms with Crippen molar-refractivity contribution in [3.8, 4) is 0 Å². The molecule has 1 amide bonds. The normalized spacial score (nSPS) is 10.9. The summed E-state index contributed by atoms with van der Waals surface area (Å²) in [5.74, 6) is -0.775. The third-order valence-electron chi connectivity index (χ3n) is 2.66. The van der Waals surface area contributed by atoms with E-state index < -0.39 is 5.91 Å². The molecule has 1 aromatic heterocycles. The number of hydrogen-bond acceptors (Lipinski definition) is 4. The van der Waals surface area contributed by atoms with E-state index in [0.717, 1.165) is 0 Å². The monoisotopic (exact) mass is 267 g/mol. The van der Waals surface area contributed by atoms with Crippen LogP contribution in [0.1, 0.15) is 16.1 Å². The Morgan fingerprint density at radius 1 is 1.42 bits per heavy atom. The molecule has 0 unspecified atom stereocenters. The second-order valence-corrected chi connectivity index (χ2v) is 3.97. The van der Waals surface area contributed by atoms with Crippen molar-refractivity contribution in [2.24, 2.45) is 0 Å². The van der Waals surface area contributed by atoms with Gasteiger partial charge >= 0.3 is 5.91 Å². The average molecular weight is 267 g/mol. The lowest BCUT2D eigenvalue weighted by Crippen LogP contribution is -2.25. The first-order valence-electron chi connectivity index (χ1n) is 5.73. The zero-order chi connectivity index (χ0) is 13.8. The van der Waals surface area contributed by atoms with Crippen LogP contribution in [-0.4, -0.2) is 26.2 Å². The van der Waals surface area contributed by atoms with Crippen LogP contribution in [0.5, 0.6) is 0 Å². The lowest BCUT2D eigenvalue weighted by atomic mass is 10.1. The van der Waals surface area contributed by atoms with E-state index in [1.54, 1.807) is 6.92 Å². The summed E-state index contributed by atoms with van der Waals surface area (Å²) in [6.45, 7) is 2.29. The number of benzene rings is 1. The van der Waals surface area contributed by atoms with Gasteiger partial charge in [0, 0.05) is 18.1 Å². The summed E-state index contributed by atoms with van der Waals surface area (Å²) >= 11 is 0. The lowest BCUT2D eigenvalue weighted by Gasteiger charge is -2.03. The molecule has 0 aliphatic heterocycles. The summed E-state index contributed by atoms with van der Waals surface area (Å²) in [4.78, 5) is 16.7. The molecule has 0 aliphatic carbocycles. The molecule has 0 aliphatic rings. The van der Waals surface area contributed by atoms with Crippen LogP contribution in [0.2, 0.25) is 0 Å². The smallest absolute Gasteiger partial charge is 0.310 e. The quantitative estimate of drug-likeness (QED) is 0.666. The van der Waals surface area contributed by atoms with E-state index in [9.17, 15) is 9.18 Å². The molecular formula is C13H14FNO4. The van der Waals surface area contributed by atoms with Crippen molar-refractivity contribution in [1.82, 2.24) is 5.48 Å². The topological polar surface area (TPSA) is 60.7 Å². The van der Waals surface area contributed by atoms with Gasteiger partial charge in [0.2, 0.25) is 0 Å². The molecule has 5 nitrogen and oxygen atoms in total. The molecule has 1 aromatic carbocycles. The Bertz CT molecular complexity index is 594. The van der Waals surface area contributed by atoms with Crippen molar-refractivity contribution in [1.29, 1.82) is 0 Å². The number of carbonyl (C=O) groups excluding carboxylic acids is 1. The number of hydrogen-bond donors (Lipinski definition) is 1. The SMILES string of the molecule is COCCONC(=O)c1oc2ccc(F)cc2c1C. The van der Waals surface area contributed by atoms with Crippen LogP contribution in [0, 0.1) is 12.7 Å². The van der Waals surface area contributed by atoms with E-state index in [-0.39, 0.29) is 18.2 Å². The summed E-state index contributed by atoms with van der Waals surface area (Å²) in [7, 11) is 1.53. The Morgan fingerprint density at radius 3 is 2.95 bits per heavy atom. The maximum Gasteiger partial charge on any atom is 0.310 e. The minimum Gasteiger partial charge on any atom is -0.451 e. The first kappa shape index (κ1) is 13.5. The van der Waals surface area contributed by atoms with Gasteiger partial charge in [-0.25, -0.2) is 9.87 Å². The Hall–Kier alpha value is -1.92. The van der Waals surface area contributed by atoms with Gasteiger partial charge < -0.3 is 9.15 Å². The van der Waals surface area contributed by atoms with Crippen LogP contribution in [0.15, 0.2) is 22.6 Å². The number of amides is 1. The van der Waals surface area contributed by atoms with Gasteiger partial charge in [-0.3, -0.25) is 9.63 Å². The van der Waals surface area contributed by atoms with Gasteiger partial charge in [0.25, 0.3) is 0 Å². The average Bonchev–Trinajstić information content (AvgIpc) is 2.72. The third-order valence-corrected chi connectivity index (χ3v) is 2.66. The Balaban J connectivity index is 2.16. The van der Waals surface area contributed by atoms with Gasteiger partial charge in [-0.15, -0.1) is 0 Å². The van der Waals surface area contributed by atoms with Gasteiger partial charge in [-0.2, -0.15) is 0 Å². The largest absolute Gasteiger partial charge is 0.451 e. The van der Waals surface area contributed by atoms with Crippen LogP contribution in [0.25, 0.3) is 11.0 Å². The Labute approximate surface area is 109 Å². The van der Waals surface area contributed by atoms with Crippen LogP contribution in [-0.2, 0) is 9.57 Å². The summed E-state index contributed by atoms with van der Waals surface area (Å²) in [5, 5.41) is 0.571. The van der Waals surface area contributed by atoms with Gasteiger partial charge in [0.05, 0.1) is 13.2 Å². The first-order chi connectivity index (χ1) is 9.13. The second kappa shape index (κ2) is 5.81. The summed E-state index contributed by atoms with van der Waals surface area (Å²) in [5.41, 5.74) is 3.27. The number of nitrogens with one attached hydrogen (secondary N) is 1. The molecule has 0 fully saturated rings. The van der Waals surface area contributed by atoms with Crippen LogP contribution in [0.3, 0.4) is 0 Å². The molecule has 19 heavy (non-hydrogen) atoms. The maximum absolute atomic E-state index is 13.1. The van der Waals surface area contributed by atoms with Crippen molar-refractivity contribution in [3.63, 3.8) is 0 Å². The zero-order valence-corrected chi connectivity index (χ0v) is 10.7. The molecule has 0 bridgehead atoms. The van der Waals surface area contributed by atoms with E-state index in [2.05, 4.69) is 5.48 Å². The van der Waals surface area contributed by atoms with Crippen LogP contribution >= 0.6 is 0 Å². The molecule has 0 radical (unpaired) electrons. The fraction of sp³-hybridized carbons (Fsp3) is 0.308. The van der Waals surface area contributed by atoms with E-state index in [0.29, 0.717) is 23.1 Å². The Kier molecular flexibility index (Phi) is 4.13. The zero-order valence-electron chi connectivity index (χ0n) is 10.7. The van der Waals surface area contributed by atoms with Crippen molar-refractivity contribution in [2.45, 2.75) is 6.92 Å². The molecule has 1 N–H and O–H groups in total. The number of hydroxylamine groups is 1. The molecule has 102 valence electrons. The molecule has 0 spiro atoms. The molecular weight excluding hydrogens is 253 g/mol. The highest BCUT2D eigenvalue weighted by Crippen LogP contribution is 2.25. The first-order valence-corrected chi connectivity index (χ1v) is 5.73. The fourth-order valence-corrected chi connectivity index (χ4v) is 1.70.